The van der Waals surface area contributed by atoms with Gasteiger partial charge in [0.15, 0.2) is 0 Å². The highest BCUT2D eigenvalue weighted by molar-refractivity contribution is 5.91. The maximum absolute atomic E-state index is 12.9. The molecule has 3 heteroatoms. The number of nitrogens with one attached hydrogen (secondary N) is 1. The Morgan fingerprint density at radius 2 is 1.79 bits per heavy atom. The summed E-state index contributed by atoms with van der Waals surface area (Å²) in [6.45, 7) is 8.60. The highest BCUT2D eigenvalue weighted by Gasteiger charge is 2.51. The third-order valence-electron chi connectivity index (χ3n) is 4.97. The van der Waals surface area contributed by atoms with E-state index in [2.05, 4.69) is 55.3 Å². The minimum Gasteiger partial charge on any atom is -0.347 e. The monoisotopic (exact) mass is 322 g/mol. The van der Waals surface area contributed by atoms with E-state index in [1.165, 1.54) is 5.56 Å². The molecule has 1 saturated carbocycles. The normalized spacial score (nSPS) is 17.2. The van der Waals surface area contributed by atoms with Gasteiger partial charge < -0.3 is 5.32 Å². The summed E-state index contributed by atoms with van der Waals surface area (Å²) in [5.74, 6) is 0.115. The first kappa shape index (κ1) is 16.7. The van der Waals surface area contributed by atoms with E-state index >= 15 is 0 Å². The molecule has 3 nitrogen and oxygen atoms in total. The summed E-state index contributed by atoms with van der Waals surface area (Å²) in [5, 5.41) is 3.14. The predicted molar refractivity (Wildman–Crippen MR) is 96.8 cm³/mol. The van der Waals surface area contributed by atoms with Crippen LogP contribution in [0, 0.1) is 0 Å². The number of pyridine rings is 1. The first-order valence-corrected chi connectivity index (χ1v) is 8.66. The number of benzene rings is 1. The van der Waals surface area contributed by atoms with Crippen molar-refractivity contribution in [2.45, 2.75) is 57.4 Å². The Balaban J connectivity index is 1.75. The van der Waals surface area contributed by atoms with Gasteiger partial charge in [0.2, 0.25) is 5.91 Å². The van der Waals surface area contributed by atoms with Gasteiger partial charge in [0.25, 0.3) is 0 Å². The van der Waals surface area contributed by atoms with E-state index < -0.39 is 0 Å². The molecule has 0 spiro atoms. The van der Waals surface area contributed by atoms with Gasteiger partial charge in [-0.25, -0.2) is 0 Å². The van der Waals surface area contributed by atoms with Crippen molar-refractivity contribution in [1.29, 1.82) is 0 Å². The number of carbonyl (C=O) groups excluding carboxylic acids is 1. The van der Waals surface area contributed by atoms with E-state index in [-0.39, 0.29) is 22.8 Å². The van der Waals surface area contributed by atoms with Crippen LogP contribution in [0.1, 0.15) is 63.4 Å². The summed E-state index contributed by atoms with van der Waals surface area (Å²) in [5.41, 5.74) is 3.10. The van der Waals surface area contributed by atoms with Gasteiger partial charge in [-0.05, 0) is 48.4 Å². The predicted octanol–water partition coefficient (Wildman–Crippen LogP) is 4.29. The van der Waals surface area contributed by atoms with Gasteiger partial charge in [0, 0.05) is 6.20 Å². The van der Waals surface area contributed by atoms with Crippen molar-refractivity contribution in [1.82, 2.24) is 10.3 Å². The summed E-state index contributed by atoms with van der Waals surface area (Å²) in [6, 6.07) is 14.3. The largest absolute Gasteiger partial charge is 0.347 e. The van der Waals surface area contributed by atoms with Crippen LogP contribution in [-0.2, 0) is 15.6 Å². The molecule has 0 saturated heterocycles. The quantitative estimate of drug-likeness (QED) is 0.912. The highest BCUT2D eigenvalue weighted by atomic mass is 16.2. The molecule has 1 aliphatic rings. The minimum atomic E-state index is -0.348. The summed E-state index contributed by atoms with van der Waals surface area (Å²) < 4.78 is 0. The zero-order valence-corrected chi connectivity index (χ0v) is 15.0. The Morgan fingerprint density at radius 3 is 2.29 bits per heavy atom. The van der Waals surface area contributed by atoms with Crippen LogP contribution >= 0.6 is 0 Å². The van der Waals surface area contributed by atoms with E-state index in [4.69, 9.17) is 0 Å². The number of rotatable bonds is 4. The Hall–Kier alpha value is -2.16. The van der Waals surface area contributed by atoms with Crippen LogP contribution < -0.4 is 5.32 Å². The fraction of sp³-hybridized carbons (Fsp3) is 0.429. The average Bonchev–Trinajstić information content (AvgIpc) is 3.37. The number of aromatic nitrogens is 1. The Kier molecular flexibility index (Phi) is 4.20. The maximum Gasteiger partial charge on any atom is 0.231 e. The second-order valence-electron chi connectivity index (χ2n) is 7.86. The molecule has 0 bridgehead atoms. The Labute approximate surface area is 144 Å². The van der Waals surface area contributed by atoms with Crippen molar-refractivity contribution in [3.63, 3.8) is 0 Å². The van der Waals surface area contributed by atoms with Crippen molar-refractivity contribution >= 4 is 5.91 Å². The summed E-state index contributed by atoms with van der Waals surface area (Å²) in [6.07, 6.45) is 3.60. The molecule has 1 aromatic heterocycles. The van der Waals surface area contributed by atoms with E-state index in [0.717, 1.165) is 24.1 Å². The number of nitrogens with zero attached hydrogens (tertiary/aromatic N) is 1. The Bertz CT molecular complexity index is 710. The van der Waals surface area contributed by atoms with E-state index in [1.807, 2.05) is 25.1 Å². The molecule has 1 heterocycles. The van der Waals surface area contributed by atoms with Crippen molar-refractivity contribution in [2.75, 3.05) is 0 Å². The molecule has 0 unspecified atom stereocenters. The van der Waals surface area contributed by atoms with Crippen molar-refractivity contribution in [3.8, 4) is 0 Å². The average molecular weight is 322 g/mol. The highest BCUT2D eigenvalue weighted by Crippen LogP contribution is 2.49. The van der Waals surface area contributed by atoms with Gasteiger partial charge in [0.1, 0.15) is 0 Å². The summed E-state index contributed by atoms with van der Waals surface area (Å²) in [4.78, 5) is 17.2. The van der Waals surface area contributed by atoms with Gasteiger partial charge in [-0.3, -0.25) is 9.78 Å². The lowest BCUT2D eigenvalue weighted by Gasteiger charge is -2.22. The zero-order chi connectivity index (χ0) is 17.4. The molecule has 2 aromatic rings. The fourth-order valence-electron chi connectivity index (χ4n) is 3.10. The lowest BCUT2D eigenvalue weighted by Crippen LogP contribution is -2.36. The third-order valence-corrected chi connectivity index (χ3v) is 4.97. The number of amides is 1. The van der Waals surface area contributed by atoms with E-state index in [1.54, 1.807) is 6.20 Å². The molecule has 1 aliphatic carbocycles. The van der Waals surface area contributed by atoms with Crippen molar-refractivity contribution in [3.05, 3.63) is 65.5 Å². The topological polar surface area (TPSA) is 42.0 Å². The zero-order valence-electron chi connectivity index (χ0n) is 15.0. The smallest absolute Gasteiger partial charge is 0.231 e. The molecule has 1 fully saturated rings. The second kappa shape index (κ2) is 6.04. The molecular weight excluding hydrogens is 296 g/mol. The van der Waals surface area contributed by atoms with Gasteiger partial charge in [-0.15, -0.1) is 0 Å². The molecular formula is C21H26N2O. The molecule has 24 heavy (non-hydrogen) atoms. The number of hydrogen-bond donors (Lipinski definition) is 1. The van der Waals surface area contributed by atoms with Gasteiger partial charge in [-0.2, -0.15) is 0 Å². The molecule has 3 rings (SSSR count). The van der Waals surface area contributed by atoms with Gasteiger partial charge in [-0.1, -0.05) is 51.1 Å². The first-order valence-electron chi connectivity index (χ1n) is 8.66. The second-order valence-corrected chi connectivity index (χ2v) is 7.86. The molecule has 1 aromatic carbocycles. The van der Waals surface area contributed by atoms with Gasteiger partial charge >= 0.3 is 0 Å². The van der Waals surface area contributed by atoms with Crippen molar-refractivity contribution < 1.29 is 4.79 Å². The van der Waals surface area contributed by atoms with Crippen LogP contribution in [0.4, 0.5) is 0 Å². The minimum absolute atomic E-state index is 0.0787. The molecule has 1 atom stereocenters. The molecule has 1 amide bonds. The lowest BCUT2D eigenvalue weighted by atomic mass is 9.85. The van der Waals surface area contributed by atoms with Crippen molar-refractivity contribution in [2.24, 2.45) is 0 Å². The maximum atomic E-state index is 12.9. The van der Waals surface area contributed by atoms with Crippen LogP contribution in [0.25, 0.3) is 0 Å². The van der Waals surface area contributed by atoms with Crippen LogP contribution in [0.3, 0.4) is 0 Å². The third kappa shape index (κ3) is 3.21. The standard InChI is InChI=1S/C21H26N2O/c1-15(18-7-5-6-14-22-18)23-19(24)21(12-13-21)17-10-8-16(9-11-17)20(2,3)4/h5-11,14-15H,12-13H2,1-4H3,(H,23,24)/t15-/m0/s1. The summed E-state index contributed by atoms with van der Waals surface area (Å²) >= 11 is 0. The number of carbonyl (C=O) groups is 1. The van der Waals surface area contributed by atoms with Gasteiger partial charge in [0.05, 0.1) is 17.2 Å². The molecule has 1 N–H and O–H groups in total. The van der Waals surface area contributed by atoms with Crippen LogP contribution in [0.15, 0.2) is 48.7 Å². The first-order chi connectivity index (χ1) is 11.3. The molecule has 0 radical (unpaired) electrons. The molecule has 0 aliphatic heterocycles. The van der Waals surface area contributed by atoms with Crippen LogP contribution in [0.2, 0.25) is 0 Å². The van der Waals surface area contributed by atoms with E-state index in [0.29, 0.717) is 0 Å². The molecule has 126 valence electrons. The SMILES string of the molecule is C[C@H](NC(=O)C1(c2ccc(C(C)(C)C)cc2)CC1)c1ccccn1. The van der Waals surface area contributed by atoms with Crippen LogP contribution in [-0.4, -0.2) is 10.9 Å². The lowest BCUT2D eigenvalue weighted by molar-refractivity contribution is -0.124. The fourth-order valence-corrected chi connectivity index (χ4v) is 3.10. The van der Waals surface area contributed by atoms with E-state index in [9.17, 15) is 4.79 Å². The van der Waals surface area contributed by atoms with Crippen LogP contribution in [0.5, 0.6) is 0 Å². The summed E-state index contributed by atoms with van der Waals surface area (Å²) in [7, 11) is 0. The Morgan fingerprint density at radius 1 is 1.12 bits per heavy atom. The number of hydrogen-bond acceptors (Lipinski definition) is 2.